The lowest BCUT2D eigenvalue weighted by atomic mass is 9.71. The second kappa shape index (κ2) is 15.2. The number of alkyl halides is 3. The van der Waals surface area contributed by atoms with Gasteiger partial charge in [0, 0.05) is 68.6 Å². The molecule has 1 saturated heterocycles. The SMILES string of the molecule is COc1c(C)cc2c(c1OC(C)=O)[C@@H]1C3Cc4c(OC(C)=O)c(C)c5c(c4[C@H](CN(C(C)=O)C(=O)[C@H](C)N(C(C)=O)C(=O)C(F)(F)F)N3[C@@H](C#N)[C@H](C2)N1C)OCO5. The topological polar surface area (TPSA) is 185 Å². The number of imide groups is 2. The van der Waals surface area contributed by atoms with Crippen LogP contribution in [0, 0.1) is 25.2 Å². The van der Waals surface area contributed by atoms with Crippen molar-refractivity contribution in [1.82, 2.24) is 19.6 Å². The van der Waals surface area contributed by atoms with E-state index in [1.807, 2.05) is 18.0 Å². The number of piperazine rings is 1. The van der Waals surface area contributed by atoms with Crippen LogP contribution >= 0.6 is 0 Å². The number of ether oxygens (including phenoxy) is 5. The number of nitriles is 1. The molecule has 2 bridgehead atoms. The summed E-state index contributed by atoms with van der Waals surface area (Å²) in [6, 6.07) is -1.98. The third-order valence-corrected chi connectivity index (χ3v) is 11.3. The van der Waals surface area contributed by atoms with E-state index in [0.29, 0.717) is 39.8 Å². The Hall–Kier alpha value is -5.74. The first-order valence-electron chi connectivity index (χ1n) is 18.3. The Morgan fingerprint density at radius 3 is 2.10 bits per heavy atom. The van der Waals surface area contributed by atoms with E-state index in [1.165, 1.54) is 21.0 Å². The lowest BCUT2D eigenvalue weighted by Gasteiger charge is -2.60. The first-order valence-corrected chi connectivity index (χ1v) is 18.3. The first kappa shape index (κ1) is 41.9. The molecule has 0 radical (unpaired) electrons. The monoisotopic (exact) mass is 813 g/mol. The van der Waals surface area contributed by atoms with Gasteiger partial charge in [0.2, 0.25) is 18.6 Å². The Labute approximate surface area is 331 Å². The van der Waals surface area contributed by atoms with Crippen molar-refractivity contribution in [2.75, 3.05) is 27.5 Å². The van der Waals surface area contributed by atoms with Gasteiger partial charge in [0.25, 0.3) is 5.91 Å². The molecule has 1 unspecified atom stereocenters. The number of fused-ring (bicyclic) bond motifs is 9. The molecule has 4 aliphatic heterocycles. The highest BCUT2D eigenvalue weighted by atomic mass is 19.4. The van der Waals surface area contributed by atoms with Gasteiger partial charge < -0.3 is 23.7 Å². The van der Waals surface area contributed by atoms with Crippen LogP contribution in [-0.4, -0.2) is 113 Å². The lowest BCUT2D eigenvalue weighted by Crippen LogP contribution is -2.69. The second-order valence-electron chi connectivity index (χ2n) is 14.8. The van der Waals surface area contributed by atoms with Gasteiger partial charge in [0.1, 0.15) is 17.8 Å². The number of carbonyl (C=O) groups excluding carboxylic acids is 6. The maximum Gasteiger partial charge on any atom is 0.471 e. The number of carbonyl (C=O) groups is 6. The summed E-state index contributed by atoms with van der Waals surface area (Å²) in [4.78, 5) is 82.1. The summed E-state index contributed by atoms with van der Waals surface area (Å²) in [5, 5.41) is 11.0. The number of hydrogen-bond acceptors (Lipinski definition) is 14. The van der Waals surface area contributed by atoms with Crippen LogP contribution in [0.5, 0.6) is 28.7 Å². The van der Waals surface area contributed by atoms with Crippen molar-refractivity contribution < 1.29 is 65.6 Å². The maximum atomic E-state index is 14.2. The van der Waals surface area contributed by atoms with Gasteiger partial charge in [-0.25, -0.2) is 0 Å². The van der Waals surface area contributed by atoms with Crippen molar-refractivity contribution in [1.29, 1.82) is 5.26 Å². The first-order chi connectivity index (χ1) is 27.2. The van der Waals surface area contributed by atoms with Crippen molar-refractivity contribution in [2.45, 2.75) is 104 Å². The fourth-order valence-corrected chi connectivity index (χ4v) is 9.12. The van der Waals surface area contributed by atoms with Crippen molar-refractivity contribution >= 4 is 35.6 Å². The van der Waals surface area contributed by atoms with E-state index in [-0.39, 0.29) is 53.1 Å². The average molecular weight is 814 g/mol. The number of hydrogen-bond donors (Lipinski definition) is 0. The van der Waals surface area contributed by atoms with Crippen LogP contribution in [0.25, 0.3) is 0 Å². The van der Waals surface area contributed by atoms with Crippen molar-refractivity contribution in [3.63, 3.8) is 0 Å². The third-order valence-electron chi connectivity index (χ3n) is 11.3. The Morgan fingerprint density at radius 2 is 1.55 bits per heavy atom. The van der Waals surface area contributed by atoms with E-state index < -0.39 is 84.5 Å². The number of nitrogens with zero attached hydrogens (tertiary/aromatic N) is 5. The molecule has 0 aromatic heterocycles. The fraction of sp³-hybridized carbons (Fsp3) is 0.513. The predicted octanol–water partition coefficient (Wildman–Crippen LogP) is 3.36. The lowest BCUT2D eigenvalue weighted by molar-refractivity contribution is -0.191. The number of rotatable bonds is 7. The standard InChI is InChI=1S/C39H42F3N5O11/c1-16-10-23-11-25-27(13-43)47-26(31(44(25)8)29(23)36(32(16)54-9)58-22(7)51)12-24-30(35-34(55-15-56-35)17(2)33(24)57-21(6)50)28(47)14-45(19(4)48)37(52)18(3)46(20(5)49)38(53)39(40,41)42/h10,18,25-28,31H,11-12,14-15H2,1-9H3/t18-,25-,26?,27-,28-,31-/m0/s1. The number of likely N-dealkylation sites (N-methyl/N-ethyl adjacent to an activating group) is 1. The van der Waals surface area contributed by atoms with Gasteiger partial charge in [0.05, 0.1) is 25.3 Å². The highest BCUT2D eigenvalue weighted by Gasteiger charge is 2.58. The Morgan fingerprint density at radius 1 is 0.931 bits per heavy atom. The molecule has 1 fully saturated rings. The van der Waals surface area contributed by atoms with Gasteiger partial charge in [-0.05, 0) is 51.8 Å². The van der Waals surface area contributed by atoms with E-state index in [4.69, 9.17) is 23.7 Å². The molecule has 0 spiro atoms. The van der Waals surface area contributed by atoms with E-state index in [0.717, 1.165) is 19.4 Å². The molecule has 2 aromatic rings. The predicted molar refractivity (Wildman–Crippen MR) is 193 cm³/mol. The summed E-state index contributed by atoms with van der Waals surface area (Å²) >= 11 is 0. The van der Waals surface area contributed by atoms with Crippen LogP contribution < -0.4 is 23.7 Å². The summed E-state index contributed by atoms with van der Waals surface area (Å²) in [6.07, 6.45) is -5.20. The minimum atomic E-state index is -5.53. The van der Waals surface area contributed by atoms with Crippen LogP contribution in [0.2, 0.25) is 0 Å². The second-order valence-corrected chi connectivity index (χ2v) is 14.8. The molecule has 6 atom stereocenters. The number of esters is 2. The smallest absolute Gasteiger partial charge is 0.471 e. The summed E-state index contributed by atoms with van der Waals surface area (Å²) in [6.45, 7) is 7.58. The average Bonchev–Trinajstić information content (AvgIpc) is 3.61. The van der Waals surface area contributed by atoms with Gasteiger partial charge in [-0.2, -0.15) is 18.4 Å². The van der Waals surface area contributed by atoms with Gasteiger partial charge in [-0.1, -0.05) is 6.07 Å². The summed E-state index contributed by atoms with van der Waals surface area (Å²) in [5.41, 5.74) is 3.11. The molecule has 4 aliphatic rings. The highest BCUT2D eigenvalue weighted by Crippen LogP contribution is 2.58. The van der Waals surface area contributed by atoms with E-state index in [2.05, 4.69) is 6.07 Å². The highest BCUT2D eigenvalue weighted by molar-refractivity contribution is 6.04. The van der Waals surface area contributed by atoms with E-state index >= 15 is 0 Å². The molecule has 4 amide bonds. The van der Waals surface area contributed by atoms with Gasteiger partial charge in [-0.3, -0.25) is 48.4 Å². The Kier molecular flexibility index (Phi) is 11.0. The zero-order valence-corrected chi connectivity index (χ0v) is 33.2. The summed E-state index contributed by atoms with van der Waals surface area (Å²) in [5.74, 6) is -6.63. The molecule has 2 aromatic carbocycles. The Balaban J connectivity index is 1.62. The van der Waals surface area contributed by atoms with Crippen molar-refractivity contribution in [3.8, 4) is 34.8 Å². The van der Waals surface area contributed by atoms with Crippen LogP contribution in [0.15, 0.2) is 6.07 Å². The van der Waals surface area contributed by atoms with Crippen LogP contribution in [0.4, 0.5) is 13.2 Å². The molecule has 0 saturated carbocycles. The molecule has 16 nitrogen and oxygen atoms in total. The maximum absolute atomic E-state index is 14.2. The van der Waals surface area contributed by atoms with Crippen LogP contribution in [-0.2, 0) is 41.6 Å². The molecule has 0 N–H and O–H groups in total. The fourth-order valence-electron chi connectivity index (χ4n) is 9.12. The quantitative estimate of drug-likeness (QED) is 0.293. The van der Waals surface area contributed by atoms with Gasteiger partial charge >= 0.3 is 24.0 Å². The molecule has 310 valence electrons. The summed E-state index contributed by atoms with van der Waals surface area (Å²) in [7, 11) is 3.25. The minimum absolute atomic E-state index is 0.0591. The normalized spacial score (nSPS) is 22.3. The number of halogens is 3. The molecule has 6 rings (SSSR count). The third kappa shape index (κ3) is 6.77. The number of aryl methyl sites for hydroxylation is 1. The molecular weight excluding hydrogens is 771 g/mol. The zero-order chi connectivity index (χ0) is 42.9. The molecule has 58 heavy (non-hydrogen) atoms. The van der Waals surface area contributed by atoms with Crippen LogP contribution in [0.3, 0.4) is 0 Å². The van der Waals surface area contributed by atoms with Crippen LogP contribution in [0.1, 0.15) is 80.1 Å². The van der Waals surface area contributed by atoms with E-state index in [9.17, 15) is 47.2 Å². The molecule has 0 aliphatic carbocycles. The summed E-state index contributed by atoms with van der Waals surface area (Å²) < 4.78 is 70.3. The molecule has 19 heteroatoms. The molecule has 4 heterocycles. The largest absolute Gasteiger partial charge is 0.493 e. The zero-order valence-electron chi connectivity index (χ0n) is 33.2. The van der Waals surface area contributed by atoms with Crippen molar-refractivity contribution in [3.05, 3.63) is 39.4 Å². The minimum Gasteiger partial charge on any atom is -0.493 e. The number of methoxy groups -OCH3 is 1. The Bertz CT molecular complexity index is 2190. The van der Waals surface area contributed by atoms with Gasteiger partial charge in [-0.15, -0.1) is 0 Å². The van der Waals surface area contributed by atoms with E-state index in [1.54, 1.807) is 18.7 Å². The number of amides is 4. The van der Waals surface area contributed by atoms with Crippen molar-refractivity contribution in [2.24, 2.45) is 0 Å². The van der Waals surface area contributed by atoms with Gasteiger partial charge in [0.15, 0.2) is 23.0 Å². The molecular formula is C39H42F3N5O11. The number of benzene rings is 2.